The zero-order chi connectivity index (χ0) is 11.0. The quantitative estimate of drug-likeness (QED) is 0.483. The molecule has 0 aromatic carbocycles. The van der Waals surface area contributed by atoms with E-state index in [4.69, 9.17) is 0 Å². The molecule has 14 heavy (non-hydrogen) atoms. The Hall–Kier alpha value is 0.217. The van der Waals surface area contributed by atoms with Gasteiger partial charge in [0.25, 0.3) is 0 Å². The van der Waals surface area contributed by atoms with E-state index in [2.05, 4.69) is 41.5 Å². The van der Waals surface area contributed by atoms with E-state index in [1.807, 2.05) is 0 Å². The van der Waals surface area contributed by atoms with Crippen LogP contribution in [0.5, 0.6) is 0 Å². The van der Waals surface area contributed by atoms with Gasteiger partial charge in [0.15, 0.2) is 0 Å². The lowest BCUT2D eigenvalue weighted by Gasteiger charge is -2.54. The topological polar surface area (TPSA) is 0 Å². The van der Waals surface area contributed by atoms with Gasteiger partial charge in [-0.3, -0.25) is 0 Å². The fourth-order valence-electron chi connectivity index (χ4n) is 3.78. The molecule has 1 fully saturated rings. The van der Waals surface area contributed by atoms with E-state index in [0.717, 1.165) is 0 Å². The van der Waals surface area contributed by atoms with Gasteiger partial charge in [-0.1, -0.05) is 72.9 Å². The van der Waals surface area contributed by atoms with Crippen LogP contribution < -0.4 is 0 Å². The van der Waals surface area contributed by atoms with Crippen LogP contribution in [0.15, 0.2) is 0 Å². The lowest BCUT2D eigenvalue weighted by atomic mass is 10.2. The van der Waals surface area contributed by atoms with Crippen LogP contribution >= 0.6 is 0 Å². The minimum Gasteiger partial charge on any atom is -0.0625 e. The minimum absolute atomic E-state index is 0.589. The molecule has 0 bridgehead atoms. The fourth-order valence-corrected chi connectivity index (χ4v) is 11.0. The van der Waals surface area contributed by atoms with Crippen molar-refractivity contribution in [2.24, 2.45) is 0 Å². The second kappa shape index (κ2) is 3.66. The Morgan fingerprint density at radius 2 is 1.00 bits per heavy atom. The first-order chi connectivity index (χ1) is 6.21. The van der Waals surface area contributed by atoms with Gasteiger partial charge in [0, 0.05) is 0 Å². The van der Waals surface area contributed by atoms with Gasteiger partial charge in [0.1, 0.15) is 0 Å². The molecular weight excluding hydrogens is 184 g/mol. The predicted molar refractivity (Wildman–Crippen MR) is 68.6 cm³/mol. The van der Waals surface area contributed by atoms with E-state index in [-0.39, 0.29) is 0 Å². The van der Waals surface area contributed by atoms with Crippen molar-refractivity contribution in [3.8, 4) is 0 Å². The van der Waals surface area contributed by atoms with Crippen molar-refractivity contribution in [3.05, 3.63) is 0 Å². The summed E-state index contributed by atoms with van der Waals surface area (Å²) in [4.78, 5) is 0. The van der Waals surface area contributed by atoms with Crippen molar-refractivity contribution in [3.63, 3.8) is 0 Å². The Morgan fingerprint density at radius 1 is 0.643 bits per heavy atom. The molecule has 1 rings (SSSR count). The maximum atomic E-state index is 2.50. The summed E-state index contributed by atoms with van der Waals surface area (Å²) in [5, 5.41) is 1.18. The largest absolute Gasteiger partial charge is 0.0643 e. The van der Waals surface area contributed by atoms with Crippen molar-refractivity contribution >= 4 is 8.07 Å². The SMILES string of the molecule is CC(C)(C)[Si]1(C(C)(C)C)CCCCC1. The molecule has 0 atom stereocenters. The van der Waals surface area contributed by atoms with Crippen molar-refractivity contribution in [2.45, 2.75) is 83.0 Å². The Morgan fingerprint density at radius 3 is 1.21 bits per heavy atom. The Bertz CT molecular complexity index is 170. The molecule has 0 amide bonds. The summed E-state index contributed by atoms with van der Waals surface area (Å²) in [5.41, 5.74) is 0. The van der Waals surface area contributed by atoms with Crippen LogP contribution in [0.3, 0.4) is 0 Å². The van der Waals surface area contributed by atoms with Crippen molar-refractivity contribution < 1.29 is 0 Å². The summed E-state index contributed by atoms with van der Waals surface area (Å²) in [6.45, 7) is 15.0. The third-order valence-corrected chi connectivity index (χ3v) is 12.7. The Kier molecular flexibility index (Phi) is 3.21. The molecule has 1 heterocycles. The minimum atomic E-state index is -1.09. The third-order valence-electron chi connectivity index (χ3n) is 4.58. The standard InChI is InChI=1S/C13H28Si/c1-12(2,3)14(13(4,5)6)10-8-7-9-11-14/h7-11H2,1-6H3. The summed E-state index contributed by atoms with van der Waals surface area (Å²) in [6.07, 6.45) is 4.49. The first-order valence-corrected chi connectivity index (χ1v) is 8.62. The van der Waals surface area contributed by atoms with Gasteiger partial charge in [0.2, 0.25) is 0 Å². The van der Waals surface area contributed by atoms with Crippen molar-refractivity contribution in [1.29, 1.82) is 0 Å². The average molecular weight is 212 g/mol. The predicted octanol–water partition coefficient (Wildman–Crippen LogP) is 5.22. The maximum Gasteiger partial charge on any atom is 0.0643 e. The van der Waals surface area contributed by atoms with Crippen LogP contribution in [0.4, 0.5) is 0 Å². The smallest absolute Gasteiger partial charge is 0.0625 e. The summed E-state index contributed by atoms with van der Waals surface area (Å²) >= 11 is 0. The van der Waals surface area contributed by atoms with Gasteiger partial charge in [-0.2, -0.15) is 0 Å². The van der Waals surface area contributed by atoms with Gasteiger partial charge in [-0.25, -0.2) is 0 Å². The van der Waals surface area contributed by atoms with Gasteiger partial charge in [0.05, 0.1) is 8.07 Å². The average Bonchev–Trinajstić information content (AvgIpc) is 2.02. The highest BCUT2D eigenvalue weighted by molar-refractivity contribution is 6.85. The normalized spacial score (nSPS) is 23.6. The molecule has 84 valence electrons. The second-order valence-corrected chi connectivity index (χ2v) is 13.3. The highest BCUT2D eigenvalue weighted by atomic mass is 28.3. The number of hydrogen-bond donors (Lipinski definition) is 0. The molecule has 0 aromatic rings. The highest BCUT2D eigenvalue weighted by Crippen LogP contribution is 2.58. The van der Waals surface area contributed by atoms with Gasteiger partial charge in [-0.15, -0.1) is 0 Å². The molecule has 1 aliphatic rings. The summed E-state index contributed by atoms with van der Waals surface area (Å²) in [6, 6.07) is 3.14. The first kappa shape index (κ1) is 12.3. The van der Waals surface area contributed by atoms with Crippen LogP contribution in [0.1, 0.15) is 60.8 Å². The van der Waals surface area contributed by atoms with E-state index >= 15 is 0 Å². The number of hydrogen-bond acceptors (Lipinski definition) is 0. The molecule has 0 nitrogen and oxygen atoms in total. The van der Waals surface area contributed by atoms with Crippen LogP contribution in [-0.4, -0.2) is 8.07 Å². The summed E-state index contributed by atoms with van der Waals surface area (Å²) < 4.78 is 0. The monoisotopic (exact) mass is 212 g/mol. The van der Waals surface area contributed by atoms with Gasteiger partial charge >= 0.3 is 0 Å². The molecule has 0 unspecified atom stereocenters. The highest BCUT2D eigenvalue weighted by Gasteiger charge is 2.52. The van der Waals surface area contributed by atoms with Crippen LogP contribution in [0.2, 0.25) is 22.2 Å². The maximum absolute atomic E-state index is 2.50. The number of rotatable bonds is 0. The van der Waals surface area contributed by atoms with E-state index in [9.17, 15) is 0 Å². The van der Waals surface area contributed by atoms with Crippen LogP contribution in [0.25, 0.3) is 0 Å². The van der Waals surface area contributed by atoms with Crippen LogP contribution in [-0.2, 0) is 0 Å². The van der Waals surface area contributed by atoms with E-state index in [1.165, 1.54) is 19.3 Å². The molecule has 1 aliphatic heterocycles. The van der Waals surface area contributed by atoms with Crippen molar-refractivity contribution in [1.82, 2.24) is 0 Å². The van der Waals surface area contributed by atoms with Crippen LogP contribution in [0, 0.1) is 0 Å². The van der Waals surface area contributed by atoms with Gasteiger partial charge < -0.3 is 0 Å². The zero-order valence-electron chi connectivity index (χ0n) is 11.0. The molecule has 0 spiro atoms. The van der Waals surface area contributed by atoms with E-state index < -0.39 is 8.07 Å². The molecule has 0 saturated carbocycles. The van der Waals surface area contributed by atoms with Crippen molar-refractivity contribution in [2.75, 3.05) is 0 Å². The lowest BCUT2D eigenvalue weighted by Crippen LogP contribution is -2.52. The Balaban J connectivity index is 3.01. The third kappa shape index (κ3) is 1.93. The zero-order valence-corrected chi connectivity index (χ0v) is 12.0. The fraction of sp³-hybridized carbons (Fsp3) is 1.00. The van der Waals surface area contributed by atoms with E-state index in [0.29, 0.717) is 10.1 Å². The Labute approximate surface area is 91.5 Å². The molecule has 0 N–H and O–H groups in total. The first-order valence-electron chi connectivity index (χ1n) is 6.21. The molecule has 0 radical (unpaired) electrons. The molecular formula is C13H28Si. The molecule has 1 heteroatoms. The molecule has 1 saturated heterocycles. The lowest BCUT2D eigenvalue weighted by molar-refractivity contribution is 0.554. The summed E-state index contributed by atoms with van der Waals surface area (Å²) in [5.74, 6) is 0. The summed E-state index contributed by atoms with van der Waals surface area (Å²) in [7, 11) is -1.09. The second-order valence-electron chi connectivity index (χ2n) is 7.14. The van der Waals surface area contributed by atoms with E-state index in [1.54, 1.807) is 12.1 Å². The van der Waals surface area contributed by atoms with Gasteiger partial charge in [-0.05, 0) is 10.1 Å². The molecule has 0 aromatic heterocycles. The molecule has 0 aliphatic carbocycles.